The van der Waals surface area contributed by atoms with Crippen LogP contribution in [-0.4, -0.2) is 12.5 Å². The second-order valence-electron chi connectivity index (χ2n) is 6.07. The first-order valence-electron chi connectivity index (χ1n) is 8.28. The lowest BCUT2D eigenvalue weighted by Crippen LogP contribution is -2.18. The van der Waals surface area contributed by atoms with Crippen molar-refractivity contribution in [2.75, 3.05) is 11.9 Å². The normalized spacial score (nSPS) is 10.9. The standard InChI is InChI=1S/C21H23N3O/c1-15-8-9-20(17(3)12-15)24-21(25)19(13-22)14-23-11-10-18-7-5-4-6-16(18)2/h4-9,12,14,23H,10-11H2,1-3H3,(H,24,25)/b19-14-. The molecule has 1 amide bonds. The van der Waals surface area contributed by atoms with E-state index in [0.29, 0.717) is 6.54 Å². The highest BCUT2D eigenvalue weighted by Gasteiger charge is 2.10. The summed E-state index contributed by atoms with van der Waals surface area (Å²) in [6, 6.07) is 15.9. The molecule has 0 aliphatic carbocycles. The number of anilines is 1. The molecule has 0 heterocycles. The molecule has 0 fully saturated rings. The van der Waals surface area contributed by atoms with Crippen LogP contribution in [0.2, 0.25) is 0 Å². The number of amides is 1. The van der Waals surface area contributed by atoms with Gasteiger partial charge in [0.25, 0.3) is 5.91 Å². The third-order valence-electron chi connectivity index (χ3n) is 4.04. The second-order valence-corrected chi connectivity index (χ2v) is 6.07. The van der Waals surface area contributed by atoms with Crippen LogP contribution in [-0.2, 0) is 11.2 Å². The van der Waals surface area contributed by atoms with E-state index in [2.05, 4.69) is 29.7 Å². The van der Waals surface area contributed by atoms with Crippen LogP contribution in [0.25, 0.3) is 0 Å². The zero-order valence-corrected chi connectivity index (χ0v) is 14.9. The van der Waals surface area contributed by atoms with E-state index in [9.17, 15) is 10.1 Å². The fourth-order valence-electron chi connectivity index (χ4n) is 2.56. The first-order chi connectivity index (χ1) is 12.0. The number of carbonyl (C=O) groups excluding carboxylic acids is 1. The zero-order valence-electron chi connectivity index (χ0n) is 14.9. The number of nitrogens with one attached hydrogen (secondary N) is 2. The molecular weight excluding hydrogens is 310 g/mol. The summed E-state index contributed by atoms with van der Waals surface area (Å²) in [4.78, 5) is 12.3. The molecule has 0 aliphatic heterocycles. The van der Waals surface area contributed by atoms with Gasteiger partial charge in [-0.1, -0.05) is 42.0 Å². The van der Waals surface area contributed by atoms with Gasteiger partial charge in [-0.15, -0.1) is 0 Å². The van der Waals surface area contributed by atoms with Crippen molar-refractivity contribution in [1.82, 2.24) is 5.32 Å². The van der Waals surface area contributed by atoms with E-state index in [0.717, 1.165) is 23.2 Å². The molecule has 4 nitrogen and oxygen atoms in total. The minimum Gasteiger partial charge on any atom is -0.389 e. The summed E-state index contributed by atoms with van der Waals surface area (Å²) in [6.07, 6.45) is 2.32. The van der Waals surface area contributed by atoms with Crippen molar-refractivity contribution >= 4 is 11.6 Å². The van der Waals surface area contributed by atoms with Crippen molar-refractivity contribution in [2.45, 2.75) is 27.2 Å². The van der Waals surface area contributed by atoms with E-state index in [4.69, 9.17) is 0 Å². The topological polar surface area (TPSA) is 64.9 Å². The molecule has 2 aromatic carbocycles. The van der Waals surface area contributed by atoms with Crippen molar-refractivity contribution in [3.8, 4) is 6.07 Å². The molecule has 2 aromatic rings. The van der Waals surface area contributed by atoms with E-state index >= 15 is 0 Å². The molecule has 2 N–H and O–H groups in total. The molecule has 0 aliphatic rings. The minimum absolute atomic E-state index is 0.0600. The number of aryl methyl sites for hydroxylation is 3. The molecule has 0 saturated heterocycles. The third kappa shape index (κ3) is 5.22. The first kappa shape index (κ1) is 18.3. The lowest BCUT2D eigenvalue weighted by Gasteiger charge is -2.09. The molecule has 2 rings (SSSR count). The molecule has 25 heavy (non-hydrogen) atoms. The van der Waals surface area contributed by atoms with Crippen LogP contribution in [0.1, 0.15) is 22.3 Å². The Morgan fingerprint density at radius 2 is 1.88 bits per heavy atom. The highest BCUT2D eigenvalue weighted by molar-refractivity contribution is 6.06. The molecule has 0 saturated carbocycles. The Labute approximate surface area is 149 Å². The fourth-order valence-corrected chi connectivity index (χ4v) is 2.56. The van der Waals surface area contributed by atoms with Crippen LogP contribution in [0, 0.1) is 32.1 Å². The van der Waals surface area contributed by atoms with Crippen LogP contribution in [0.3, 0.4) is 0 Å². The van der Waals surface area contributed by atoms with Crippen molar-refractivity contribution in [3.05, 3.63) is 76.5 Å². The smallest absolute Gasteiger partial charge is 0.267 e. The minimum atomic E-state index is -0.405. The number of benzene rings is 2. The van der Waals surface area contributed by atoms with Crippen LogP contribution in [0.4, 0.5) is 5.69 Å². The molecule has 128 valence electrons. The Balaban J connectivity index is 1.94. The predicted octanol–water partition coefficient (Wildman–Crippen LogP) is 3.79. The Kier molecular flexibility index (Phi) is 6.36. The van der Waals surface area contributed by atoms with Gasteiger partial charge in [0, 0.05) is 18.4 Å². The third-order valence-corrected chi connectivity index (χ3v) is 4.04. The SMILES string of the molecule is Cc1ccc(NC(=O)/C(C#N)=C\NCCc2ccccc2C)c(C)c1. The van der Waals surface area contributed by atoms with Gasteiger partial charge in [-0.25, -0.2) is 0 Å². The maximum Gasteiger partial charge on any atom is 0.267 e. The molecule has 4 heteroatoms. The van der Waals surface area contributed by atoms with Gasteiger partial charge in [0.1, 0.15) is 11.6 Å². The Hall–Kier alpha value is -3.06. The molecule has 0 unspecified atom stereocenters. The van der Waals surface area contributed by atoms with Gasteiger partial charge in [-0.2, -0.15) is 5.26 Å². The Morgan fingerprint density at radius 3 is 2.56 bits per heavy atom. The summed E-state index contributed by atoms with van der Waals surface area (Å²) in [5, 5.41) is 15.1. The lowest BCUT2D eigenvalue weighted by atomic mass is 10.1. The van der Waals surface area contributed by atoms with E-state index in [1.54, 1.807) is 0 Å². The zero-order chi connectivity index (χ0) is 18.2. The number of carbonyl (C=O) groups is 1. The first-order valence-corrected chi connectivity index (χ1v) is 8.28. The van der Waals surface area contributed by atoms with Gasteiger partial charge >= 0.3 is 0 Å². The van der Waals surface area contributed by atoms with Crippen molar-refractivity contribution < 1.29 is 4.79 Å². The lowest BCUT2D eigenvalue weighted by molar-refractivity contribution is -0.112. The van der Waals surface area contributed by atoms with E-state index in [-0.39, 0.29) is 5.57 Å². The second kappa shape index (κ2) is 8.70. The average Bonchev–Trinajstić information content (AvgIpc) is 2.59. The molecular formula is C21H23N3O. The number of hydrogen-bond donors (Lipinski definition) is 2. The van der Waals surface area contributed by atoms with Crippen molar-refractivity contribution in [2.24, 2.45) is 0 Å². The number of hydrogen-bond acceptors (Lipinski definition) is 3. The van der Waals surface area contributed by atoms with Crippen molar-refractivity contribution in [3.63, 3.8) is 0 Å². The molecule has 0 radical (unpaired) electrons. The van der Waals surface area contributed by atoms with E-state index < -0.39 is 5.91 Å². The molecule has 0 atom stereocenters. The monoisotopic (exact) mass is 333 g/mol. The Bertz CT molecular complexity index is 831. The van der Waals surface area contributed by atoms with Crippen LogP contribution in [0.5, 0.6) is 0 Å². The van der Waals surface area contributed by atoms with E-state index in [1.807, 2.05) is 50.2 Å². The highest BCUT2D eigenvalue weighted by atomic mass is 16.1. The fraction of sp³-hybridized carbons (Fsp3) is 0.238. The quantitative estimate of drug-likeness (QED) is 0.480. The van der Waals surface area contributed by atoms with Crippen LogP contribution < -0.4 is 10.6 Å². The van der Waals surface area contributed by atoms with Crippen molar-refractivity contribution in [1.29, 1.82) is 5.26 Å². The largest absolute Gasteiger partial charge is 0.389 e. The Morgan fingerprint density at radius 1 is 1.12 bits per heavy atom. The van der Waals surface area contributed by atoms with Gasteiger partial charge in [0.15, 0.2) is 0 Å². The number of nitriles is 1. The summed E-state index contributed by atoms with van der Waals surface area (Å²) in [5.41, 5.74) is 5.37. The highest BCUT2D eigenvalue weighted by Crippen LogP contribution is 2.16. The maximum atomic E-state index is 12.3. The van der Waals surface area contributed by atoms with E-state index in [1.165, 1.54) is 17.3 Å². The van der Waals surface area contributed by atoms with Gasteiger partial charge in [0.2, 0.25) is 0 Å². The molecule has 0 bridgehead atoms. The molecule has 0 spiro atoms. The van der Waals surface area contributed by atoms with Crippen LogP contribution >= 0.6 is 0 Å². The van der Waals surface area contributed by atoms with Crippen LogP contribution in [0.15, 0.2) is 54.2 Å². The average molecular weight is 333 g/mol. The summed E-state index contributed by atoms with van der Waals surface area (Å²) >= 11 is 0. The summed E-state index contributed by atoms with van der Waals surface area (Å²) < 4.78 is 0. The summed E-state index contributed by atoms with van der Waals surface area (Å²) in [5.74, 6) is -0.405. The van der Waals surface area contributed by atoms with Gasteiger partial charge in [-0.3, -0.25) is 4.79 Å². The maximum absolute atomic E-state index is 12.3. The predicted molar refractivity (Wildman–Crippen MR) is 101 cm³/mol. The van der Waals surface area contributed by atoms with Gasteiger partial charge < -0.3 is 10.6 Å². The summed E-state index contributed by atoms with van der Waals surface area (Å²) in [7, 11) is 0. The van der Waals surface area contributed by atoms with Gasteiger partial charge in [-0.05, 0) is 49.9 Å². The summed E-state index contributed by atoms with van der Waals surface area (Å²) in [6.45, 7) is 6.66. The number of nitrogens with zero attached hydrogens (tertiary/aromatic N) is 1. The van der Waals surface area contributed by atoms with Gasteiger partial charge in [0.05, 0.1) is 0 Å². The number of rotatable bonds is 6. The molecule has 0 aromatic heterocycles.